The highest BCUT2D eigenvalue weighted by molar-refractivity contribution is 7.93. The lowest BCUT2D eigenvalue weighted by atomic mass is 9.92. The van der Waals surface area contributed by atoms with Crippen LogP contribution in [-0.4, -0.2) is 24.9 Å². The highest BCUT2D eigenvalue weighted by Crippen LogP contribution is 2.37. The number of sulfonamides is 1. The number of nitrogens with zero attached hydrogens (tertiary/aromatic N) is 2. The van der Waals surface area contributed by atoms with Crippen molar-refractivity contribution in [1.82, 2.24) is 0 Å². The Bertz CT molecular complexity index is 1370. The molecule has 32 heavy (non-hydrogen) atoms. The summed E-state index contributed by atoms with van der Waals surface area (Å²) in [6.07, 6.45) is 4.12. The van der Waals surface area contributed by atoms with Crippen LogP contribution in [0.5, 0.6) is 0 Å². The zero-order valence-corrected chi connectivity index (χ0v) is 19.1. The van der Waals surface area contributed by atoms with Crippen LogP contribution < -0.4 is 4.31 Å². The summed E-state index contributed by atoms with van der Waals surface area (Å²) in [5.74, 6) is 0.271. The summed E-state index contributed by atoms with van der Waals surface area (Å²) < 4.78 is 41.4. The predicted molar refractivity (Wildman–Crippen MR) is 125 cm³/mol. The molecule has 5 rings (SSSR count). The maximum absolute atomic E-state index is 13.7. The topological polar surface area (TPSA) is 78.2 Å². The van der Waals surface area contributed by atoms with E-state index in [0.717, 1.165) is 42.4 Å². The van der Waals surface area contributed by atoms with Gasteiger partial charge in [0.05, 0.1) is 37.9 Å². The van der Waals surface area contributed by atoms with Crippen molar-refractivity contribution in [3.63, 3.8) is 0 Å². The van der Waals surface area contributed by atoms with Crippen LogP contribution in [-0.2, 0) is 33.7 Å². The van der Waals surface area contributed by atoms with Crippen LogP contribution in [0.3, 0.4) is 0 Å². The molecule has 0 bridgehead atoms. The van der Waals surface area contributed by atoms with Gasteiger partial charge in [-0.1, -0.05) is 24.3 Å². The van der Waals surface area contributed by atoms with E-state index in [1.807, 2.05) is 30.3 Å². The molecule has 1 aliphatic heterocycles. The third kappa shape index (κ3) is 3.64. The molecule has 5 nitrogen and oxygen atoms in total. The van der Waals surface area contributed by atoms with Crippen molar-refractivity contribution in [1.29, 1.82) is 5.26 Å². The molecule has 162 valence electrons. The molecule has 1 atom stereocenters. The number of anilines is 1. The molecule has 0 amide bonds. The maximum Gasteiger partial charge on any atom is 0.264 e. The number of fused-ring (bicyclic) bond motifs is 2. The van der Waals surface area contributed by atoms with Crippen molar-refractivity contribution >= 4 is 26.5 Å². The molecule has 1 unspecified atom stereocenters. The third-order valence-corrected chi connectivity index (χ3v) is 9.41. The molecular weight excluding hydrogens is 440 g/mol. The molecule has 7 heteroatoms. The number of hydrogen-bond donors (Lipinski definition) is 0. The van der Waals surface area contributed by atoms with Crippen LogP contribution in [0.15, 0.2) is 70.5 Å². The average Bonchev–Trinajstić information content (AvgIpc) is 2.83. The minimum Gasteiger partial charge on any atom is -0.264 e. The zero-order chi connectivity index (χ0) is 22.3. The highest BCUT2D eigenvalue weighted by Gasteiger charge is 2.32. The number of nitriles is 1. The van der Waals surface area contributed by atoms with E-state index < -0.39 is 20.8 Å². The summed E-state index contributed by atoms with van der Waals surface area (Å²) in [5, 5.41) is 9.04. The van der Waals surface area contributed by atoms with Gasteiger partial charge in [-0.15, -0.1) is 0 Å². The predicted octanol–water partition coefficient (Wildman–Crippen LogP) is 4.42. The van der Waals surface area contributed by atoms with E-state index in [0.29, 0.717) is 21.0 Å². The highest BCUT2D eigenvalue weighted by atomic mass is 32.2. The van der Waals surface area contributed by atoms with E-state index >= 15 is 0 Å². The van der Waals surface area contributed by atoms with Gasteiger partial charge in [-0.2, -0.15) is 5.26 Å². The standard InChI is InChI=1S/C25H22N2O3S2/c26-17-18-5-7-20(8-6-18)22-10-12-25-24(16-22)27(13-14-31(25)28)32(29,30)23-11-9-19-3-1-2-4-21(19)15-23/h5-12,15-16H,1-4,13-14H2. The lowest BCUT2D eigenvalue weighted by molar-refractivity contribution is 0.590. The largest absolute Gasteiger partial charge is 0.264 e. The minimum absolute atomic E-state index is 0.176. The Morgan fingerprint density at radius 1 is 0.875 bits per heavy atom. The molecule has 0 spiro atoms. The Labute approximate surface area is 190 Å². The van der Waals surface area contributed by atoms with E-state index in [4.69, 9.17) is 5.26 Å². The molecule has 0 saturated heterocycles. The van der Waals surface area contributed by atoms with E-state index in [1.165, 1.54) is 9.87 Å². The summed E-state index contributed by atoms with van der Waals surface area (Å²) >= 11 is 0. The monoisotopic (exact) mass is 462 g/mol. The lowest BCUT2D eigenvalue weighted by Gasteiger charge is -2.31. The van der Waals surface area contributed by atoms with Gasteiger partial charge >= 0.3 is 0 Å². The summed E-state index contributed by atoms with van der Waals surface area (Å²) in [4.78, 5) is 0.829. The summed E-state index contributed by atoms with van der Waals surface area (Å²) in [6.45, 7) is 0.176. The molecule has 1 heterocycles. The van der Waals surface area contributed by atoms with Crippen LogP contribution >= 0.6 is 0 Å². The van der Waals surface area contributed by atoms with Crippen LogP contribution in [0.4, 0.5) is 5.69 Å². The summed E-state index contributed by atoms with van der Waals surface area (Å²) in [5.41, 5.74) is 5.06. The van der Waals surface area contributed by atoms with Gasteiger partial charge in [-0.3, -0.25) is 8.51 Å². The molecule has 1 aliphatic carbocycles. The van der Waals surface area contributed by atoms with Crippen LogP contribution in [0.1, 0.15) is 29.5 Å². The van der Waals surface area contributed by atoms with Gasteiger partial charge in [0.25, 0.3) is 10.0 Å². The molecule has 0 saturated carbocycles. The van der Waals surface area contributed by atoms with Gasteiger partial charge in [0.2, 0.25) is 0 Å². The minimum atomic E-state index is -3.79. The van der Waals surface area contributed by atoms with Gasteiger partial charge in [0, 0.05) is 12.3 Å². The fraction of sp³-hybridized carbons (Fsp3) is 0.240. The third-order valence-electron chi connectivity index (χ3n) is 6.21. The first-order valence-electron chi connectivity index (χ1n) is 10.6. The Hall–Kier alpha value is -2.95. The van der Waals surface area contributed by atoms with Crippen LogP contribution in [0, 0.1) is 11.3 Å². The smallest absolute Gasteiger partial charge is 0.264 e. The normalized spacial score (nSPS) is 17.8. The Morgan fingerprint density at radius 2 is 1.59 bits per heavy atom. The van der Waals surface area contributed by atoms with Crippen molar-refractivity contribution in [2.24, 2.45) is 0 Å². The molecule has 3 aromatic rings. The molecule has 0 aromatic heterocycles. The molecule has 2 aliphatic rings. The van der Waals surface area contributed by atoms with E-state index in [-0.39, 0.29) is 12.3 Å². The Balaban J connectivity index is 1.58. The Morgan fingerprint density at radius 3 is 2.34 bits per heavy atom. The lowest BCUT2D eigenvalue weighted by Crippen LogP contribution is -2.38. The zero-order valence-electron chi connectivity index (χ0n) is 17.5. The van der Waals surface area contributed by atoms with Crippen molar-refractivity contribution in [3.8, 4) is 17.2 Å². The van der Waals surface area contributed by atoms with Crippen molar-refractivity contribution < 1.29 is 12.6 Å². The number of hydrogen-bond acceptors (Lipinski definition) is 4. The second-order valence-corrected chi connectivity index (χ2v) is 11.5. The van der Waals surface area contributed by atoms with Gasteiger partial charge in [0.15, 0.2) is 0 Å². The van der Waals surface area contributed by atoms with E-state index in [9.17, 15) is 12.6 Å². The van der Waals surface area contributed by atoms with Crippen molar-refractivity contribution in [2.45, 2.75) is 35.5 Å². The van der Waals surface area contributed by atoms with Crippen molar-refractivity contribution in [2.75, 3.05) is 16.6 Å². The van der Waals surface area contributed by atoms with E-state index in [2.05, 4.69) is 6.07 Å². The molecule has 0 N–H and O–H groups in total. The average molecular weight is 463 g/mol. The number of rotatable bonds is 3. The first-order chi connectivity index (χ1) is 15.5. The molecule has 0 fully saturated rings. The first kappa shape index (κ1) is 20.9. The fourth-order valence-corrected chi connectivity index (χ4v) is 7.36. The van der Waals surface area contributed by atoms with Crippen molar-refractivity contribution in [3.05, 3.63) is 77.4 Å². The number of aryl methyl sites for hydroxylation is 2. The van der Waals surface area contributed by atoms with Crippen LogP contribution in [0.2, 0.25) is 0 Å². The van der Waals surface area contributed by atoms with E-state index in [1.54, 1.807) is 30.3 Å². The summed E-state index contributed by atoms with van der Waals surface area (Å²) in [7, 11) is -5.03. The van der Waals surface area contributed by atoms with Gasteiger partial charge in [-0.05, 0) is 84.3 Å². The molecule has 0 radical (unpaired) electrons. The fourth-order valence-electron chi connectivity index (χ4n) is 4.46. The van der Waals surface area contributed by atoms with Gasteiger partial charge in [-0.25, -0.2) is 8.42 Å². The first-order valence-corrected chi connectivity index (χ1v) is 13.4. The quantitative estimate of drug-likeness (QED) is 0.577. The van der Waals surface area contributed by atoms with Crippen LogP contribution in [0.25, 0.3) is 11.1 Å². The van der Waals surface area contributed by atoms with Gasteiger partial charge < -0.3 is 0 Å². The Kier molecular flexibility index (Phi) is 5.36. The number of benzene rings is 3. The van der Waals surface area contributed by atoms with Gasteiger partial charge in [0.1, 0.15) is 0 Å². The molecular formula is C25H22N2O3S2. The second kappa shape index (κ2) is 8.19. The second-order valence-electron chi connectivity index (χ2n) is 8.14. The molecule has 3 aromatic carbocycles. The summed E-state index contributed by atoms with van der Waals surface area (Å²) in [6, 6.07) is 20.1. The maximum atomic E-state index is 13.7. The SMILES string of the molecule is N#Cc1ccc(-c2ccc3c(c2)N(S(=O)(=O)c2ccc4c(c2)CCCC4)CCS3=O)cc1.